The van der Waals surface area contributed by atoms with E-state index in [1.54, 1.807) is 24.5 Å². The highest BCUT2D eigenvalue weighted by atomic mass is 79.9. The first-order valence-corrected chi connectivity index (χ1v) is 8.63. The van der Waals surface area contributed by atoms with Crippen LogP contribution in [0, 0.1) is 5.82 Å². The molecule has 0 aliphatic rings. The van der Waals surface area contributed by atoms with Gasteiger partial charge < -0.3 is 5.32 Å². The van der Waals surface area contributed by atoms with E-state index in [1.807, 2.05) is 6.07 Å². The Morgan fingerprint density at radius 3 is 2.76 bits per heavy atom. The first-order valence-electron chi connectivity index (χ1n) is 6.11. The van der Waals surface area contributed by atoms with Crippen LogP contribution in [0.4, 0.5) is 10.1 Å². The predicted molar refractivity (Wildman–Crippen MR) is 86.3 cm³/mol. The van der Waals surface area contributed by atoms with Crippen LogP contribution in [0.3, 0.4) is 0 Å². The van der Waals surface area contributed by atoms with Crippen LogP contribution in [-0.2, 0) is 16.6 Å². The molecule has 6 heteroatoms. The smallest absolute Gasteiger partial charge is 0.258 e. The van der Waals surface area contributed by atoms with Crippen LogP contribution in [0.1, 0.15) is 15.9 Å². The molecule has 2 aromatic rings. The number of nitrogens with one attached hydrogen (secondary N) is 1. The SMILES string of the molecule is CS(=O)Cc1cccc(NC(=O)c2cc(Br)ccc2F)c1. The van der Waals surface area contributed by atoms with Crippen molar-refractivity contribution in [2.24, 2.45) is 0 Å². The Balaban J connectivity index is 2.19. The number of carbonyl (C=O) groups excluding carboxylic acids is 1. The molecule has 0 saturated heterocycles. The summed E-state index contributed by atoms with van der Waals surface area (Å²) in [5.41, 5.74) is 1.36. The summed E-state index contributed by atoms with van der Waals surface area (Å²) in [6.07, 6.45) is 1.61. The zero-order chi connectivity index (χ0) is 15.4. The zero-order valence-electron chi connectivity index (χ0n) is 11.2. The summed E-state index contributed by atoms with van der Waals surface area (Å²) in [7, 11) is -0.959. The molecule has 2 aromatic carbocycles. The minimum Gasteiger partial charge on any atom is -0.322 e. The van der Waals surface area contributed by atoms with Crippen molar-refractivity contribution in [3.8, 4) is 0 Å². The first-order chi connectivity index (χ1) is 9.95. The average Bonchev–Trinajstić information content (AvgIpc) is 2.41. The van der Waals surface area contributed by atoms with Gasteiger partial charge in [-0.3, -0.25) is 9.00 Å². The summed E-state index contributed by atoms with van der Waals surface area (Å²) in [4.78, 5) is 12.1. The fourth-order valence-electron chi connectivity index (χ4n) is 1.84. The molecular weight excluding hydrogens is 357 g/mol. The van der Waals surface area contributed by atoms with E-state index in [4.69, 9.17) is 0 Å². The monoisotopic (exact) mass is 369 g/mol. The van der Waals surface area contributed by atoms with Gasteiger partial charge in [0.2, 0.25) is 0 Å². The van der Waals surface area contributed by atoms with Crippen molar-refractivity contribution < 1.29 is 13.4 Å². The maximum Gasteiger partial charge on any atom is 0.258 e. The lowest BCUT2D eigenvalue weighted by Crippen LogP contribution is -2.14. The molecule has 3 nitrogen and oxygen atoms in total. The zero-order valence-corrected chi connectivity index (χ0v) is 13.6. The van der Waals surface area contributed by atoms with E-state index in [0.717, 1.165) is 5.56 Å². The molecule has 0 spiro atoms. The third kappa shape index (κ3) is 4.47. The van der Waals surface area contributed by atoms with Crippen molar-refractivity contribution in [1.29, 1.82) is 0 Å². The van der Waals surface area contributed by atoms with Gasteiger partial charge in [-0.25, -0.2) is 4.39 Å². The number of amides is 1. The Bertz CT molecular complexity index is 706. The molecule has 110 valence electrons. The molecule has 0 bridgehead atoms. The van der Waals surface area contributed by atoms with E-state index in [2.05, 4.69) is 21.2 Å². The van der Waals surface area contributed by atoms with Gasteiger partial charge in [0.1, 0.15) is 5.82 Å². The van der Waals surface area contributed by atoms with Crippen molar-refractivity contribution in [1.82, 2.24) is 0 Å². The number of rotatable bonds is 4. The third-order valence-corrected chi connectivity index (χ3v) is 3.96. The highest BCUT2D eigenvalue weighted by molar-refractivity contribution is 9.10. The summed E-state index contributed by atoms with van der Waals surface area (Å²) < 4.78 is 25.5. The van der Waals surface area contributed by atoms with Gasteiger partial charge in [0, 0.05) is 33.0 Å². The maximum atomic E-state index is 13.7. The van der Waals surface area contributed by atoms with Gasteiger partial charge in [-0.1, -0.05) is 28.1 Å². The quantitative estimate of drug-likeness (QED) is 0.892. The van der Waals surface area contributed by atoms with Crippen molar-refractivity contribution in [3.63, 3.8) is 0 Å². The standard InChI is InChI=1S/C15H13BrFNO2S/c1-21(20)9-10-3-2-4-12(7-10)18-15(19)13-8-11(16)5-6-14(13)17/h2-8H,9H2,1H3,(H,18,19). The molecule has 1 unspecified atom stereocenters. The number of halogens is 2. The first kappa shape index (κ1) is 15.9. The van der Waals surface area contributed by atoms with Crippen molar-refractivity contribution in [2.45, 2.75) is 5.75 Å². The van der Waals surface area contributed by atoms with Crippen LogP contribution in [0.5, 0.6) is 0 Å². The number of carbonyl (C=O) groups is 1. The van der Waals surface area contributed by atoms with Crippen molar-refractivity contribution >= 4 is 38.3 Å². The van der Waals surface area contributed by atoms with Crippen molar-refractivity contribution in [3.05, 3.63) is 63.9 Å². The normalized spacial score (nSPS) is 12.0. The molecule has 0 aliphatic carbocycles. The van der Waals surface area contributed by atoms with Crippen LogP contribution in [0.2, 0.25) is 0 Å². The minimum atomic E-state index is -0.959. The number of benzene rings is 2. The molecule has 0 aromatic heterocycles. The Morgan fingerprint density at radius 2 is 2.05 bits per heavy atom. The number of anilines is 1. The van der Waals surface area contributed by atoms with Crippen molar-refractivity contribution in [2.75, 3.05) is 11.6 Å². The van der Waals surface area contributed by atoms with Gasteiger partial charge in [0.05, 0.1) is 5.56 Å². The molecule has 21 heavy (non-hydrogen) atoms. The van der Waals surface area contributed by atoms with E-state index >= 15 is 0 Å². The van der Waals surface area contributed by atoms with Gasteiger partial charge in [-0.15, -0.1) is 0 Å². The lowest BCUT2D eigenvalue weighted by atomic mass is 10.2. The summed E-state index contributed by atoms with van der Waals surface area (Å²) in [5.74, 6) is -0.695. The fourth-order valence-corrected chi connectivity index (χ4v) is 2.85. The van der Waals surface area contributed by atoms with E-state index in [9.17, 15) is 13.4 Å². The number of hydrogen-bond acceptors (Lipinski definition) is 2. The highest BCUT2D eigenvalue weighted by Gasteiger charge is 2.12. The molecule has 0 heterocycles. The van der Waals surface area contributed by atoms with Crippen LogP contribution in [0.25, 0.3) is 0 Å². The molecule has 0 saturated carbocycles. The minimum absolute atomic E-state index is 0.0335. The molecular formula is C15H13BrFNO2S. The van der Waals surface area contributed by atoms with E-state index in [1.165, 1.54) is 18.2 Å². The van der Waals surface area contributed by atoms with Gasteiger partial charge in [-0.05, 0) is 35.9 Å². The second-order valence-corrected chi connectivity index (χ2v) is 6.85. The van der Waals surface area contributed by atoms with Crippen LogP contribution >= 0.6 is 15.9 Å². The molecule has 0 fully saturated rings. The molecule has 0 aliphatic heterocycles. The van der Waals surface area contributed by atoms with E-state index in [0.29, 0.717) is 15.9 Å². The lowest BCUT2D eigenvalue weighted by molar-refractivity contribution is 0.102. The van der Waals surface area contributed by atoms with Crippen LogP contribution in [-0.4, -0.2) is 16.4 Å². The second-order valence-electron chi connectivity index (χ2n) is 4.50. The van der Waals surface area contributed by atoms with E-state index in [-0.39, 0.29) is 5.56 Å². The summed E-state index contributed by atoms with van der Waals surface area (Å²) in [6.45, 7) is 0. The Labute approximate surface area is 133 Å². The van der Waals surface area contributed by atoms with Crippen LogP contribution in [0.15, 0.2) is 46.9 Å². The topological polar surface area (TPSA) is 46.2 Å². The molecule has 2 rings (SSSR count). The molecule has 0 radical (unpaired) electrons. The number of hydrogen-bond donors (Lipinski definition) is 1. The largest absolute Gasteiger partial charge is 0.322 e. The predicted octanol–water partition coefficient (Wildman–Crippen LogP) is 3.72. The lowest BCUT2D eigenvalue weighted by Gasteiger charge is -2.08. The highest BCUT2D eigenvalue weighted by Crippen LogP contribution is 2.18. The van der Waals surface area contributed by atoms with Gasteiger partial charge in [0.15, 0.2) is 0 Å². The summed E-state index contributed by atoms with van der Waals surface area (Å²) in [6, 6.07) is 11.2. The Morgan fingerprint density at radius 1 is 1.29 bits per heavy atom. The Hall–Kier alpha value is -1.53. The third-order valence-electron chi connectivity index (χ3n) is 2.73. The average molecular weight is 370 g/mol. The molecule has 1 atom stereocenters. The molecule has 1 N–H and O–H groups in total. The fraction of sp³-hybridized carbons (Fsp3) is 0.133. The summed E-state index contributed by atoms with van der Waals surface area (Å²) >= 11 is 3.21. The maximum absolute atomic E-state index is 13.7. The Kier molecular flexibility index (Phi) is 5.25. The summed E-state index contributed by atoms with van der Waals surface area (Å²) in [5, 5.41) is 2.64. The van der Waals surface area contributed by atoms with Gasteiger partial charge >= 0.3 is 0 Å². The van der Waals surface area contributed by atoms with Gasteiger partial charge in [-0.2, -0.15) is 0 Å². The van der Waals surface area contributed by atoms with E-state index < -0.39 is 22.5 Å². The second kappa shape index (κ2) is 6.95. The van der Waals surface area contributed by atoms with Crippen LogP contribution < -0.4 is 5.32 Å². The van der Waals surface area contributed by atoms with Gasteiger partial charge in [0.25, 0.3) is 5.91 Å². The molecule has 1 amide bonds.